The first-order valence-corrected chi connectivity index (χ1v) is 7.13. The van der Waals surface area contributed by atoms with Gasteiger partial charge in [0.1, 0.15) is 0 Å². The zero-order valence-electron chi connectivity index (χ0n) is 12.0. The predicted molar refractivity (Wildman–Crippen MR) is 73.5 cm³/mol. The summed E-state index contributed by atoms with van der Waals surface area (Å²) in [4.78, 5) is 0. The van der Waals surface area contributed by atoms with E-state index in [1.165, 1.54) is 25.7 Å². The smallest absolute Gasteiger partial charge is 0.0590 e. The molecule has 0 aliphatic rings. The van der Waals surface area contributed by atoms with Crippen molar-refractivity contribution in [3.05, 3.63) is 0 Å². The second-order valence-corrected chi connectivity index (χ2v) is 4.86. The van der Waals surface area contributed by atoms with E-state index in [1.807, 2.05) is 0 Å². The minimum atomic E-state index is 0.789. The molecule has 0 aromatic rings. The van der Waals surface area contributed by atoms with Crippen LogP contribution in [0.5, 0.6) is 0 Å². The third kappa shape index (κ3) is 15.9. The third-order valence-electron chi connectivity index (χ3n) is 2.56. The van der Waals surface area contributed by atoms with Gasteiger partial charge >= 0.3 is 0 Å². The monoisotopic (exact) mass is 245 g/mol. The van der Waals surface area contributed by atoms with Gasteiger partial charge in [0.2, 0.25) is 0 Å². The van der Waals surface area contributed by atoms with Gasteiger partial charge in [-0.25, -0.2) is 0 Å². The van der Waals surface area contributed by atoms with Gasteiger partial charge in [-0.15, -0.1) is 0 Å². The van der Waals surface area contributed by atoms with Crippen LogP contribution < -0.4 is 5.32 Å². The molecule has 0 aliphatic heterocycles. The Hall–Kier alpha value is -0.120. The molecule has 3 nitrogen and oxygen atoms in total. The predicted octanol–water partition coefficient (Wildman–Crippen LogP) is 2.85. The van der Waals surface area contributed by atoms with Crippen molar-refractivity contribution in [3.8, 4) is 0 Å². The number of unbranched alkanes of at least 4 members (excludes halogenated alkanes) is 1. The Balaban J connectivity index is 2.89. The lowest BCUT2D eigenvalue weighted by molar-refractivity contribution is 0.117. The van der Waals surface area contributed by atoms with E-state index in [1.54, 1.807) is 0 Å². The molecule has 104 valence electrons. The van der Waals surface area contributed by atoms with E-state index < -0.39 is 0 Å². The molecule has 0 amide bonds. The maximum absolute atomic E-state index is 5.53. The summed E-state index contributed by atoms with van der Waals surface area (Å²) in [5.74, 6) is 0.789. The van der Waals surface area contributed by atoms with Crippen molar-refractivity contribution in [3.63, 3.8) is 0 Å². The Morgan fingerprint density at radius 1 is 0.882 bits per heavy atom. The Morgan fingerprint density at radius 2 is 1.47 bits per heavy atom. The maximum atomic E-state index is 5.53. The fourth-order valence-electron chi connectivity index (χ4n) is 1.46. The third-order valence-corrected chi connectivity index (χ3v) is 2.56. The molecule has 0 unspecified atom stereocenters. The van der Waals surface area contributed by atoms with Crippen molar-refractivity contribution < 1.29 is 9.47 Å². The lowest BCUT2D eigenvalue weighted by Crippen LogP contribution is -2.24. The summed E-state index contributed by atoms with van der Waals surface area (Å²) in [6, 6.07) is 0. The highest BCUT2D eigenvalue weighted by atomic mass is 16.5. The minimum absolute atomic E-state index is 0.789. The van der Waals surface area contributed by atoms with Crippen molar-refractivity contribution >= 4 is 0 Å². The number of ether oxygens (including phenoxy) is 2. The quantitative estimate of drug-likeness (QED) is 0.506. The zero-order valence-corrected chi connectivity index (χ0v) is 12.0. The Bertz CT molecular complexity index is 140. The molecule has 3 heteroatoms. The van der Waals surface area contributed by atoms with Crippen LogP contribution in [0.15, 0.2) is 0 Å². The molecule has 0 fully saturated rings. The Labute approximate surface area is 107 Å². The highest BCUT2D eigenvalue weighted by molar-refractivity contribution is 4.47. The standard InChI is InChI=1S/C14H31NO2/c1-4-5-10-16-12-8-15-9-13-17-11-6-7-14(2)3/h14-15H,4-13H2,1-3H3. The molecular formula is C14H31NO2. The number of rotatable bonds is 13. The molecule has 0 aromatic carbocycles. The fraction of sp³-hybridized carbons (Fsp3) is 1.00. The first-order chi connectivity index (χ1) is 8.27. The summed E-state index contributed by atoms with van der Waals surface area (Å²) in [5.41, 5.74) is 0. The molecule has 0 saturated heterocycles. The van der Waals surface area contributed by atoms with Gasteiger partial charge in [-0.1, -0.05) is 27.2 Å². The van der Waals surface area contributed by atoms with Crippen LogP contribution in [-0.2, 0) is 9.47 Å². The van der Waals surface area contributed by atoms with Crippen LogP contribution in [0, 0.1) is 5.92 Å². The van der Waals surface area contributed by atoms with Crippen molar-refractivity contribution in [1.29, 1.82) is 0 Å². The molecule has 0 atom stereocenters. The summed E-state index contributed by atoms with van der Waals surface area (Å²) in [6.07, 6.45) is 4.81. The van der Waals surface area contributed by atoms with Gasteiger partial charge < -0.3 is 14.8 Å². The second kappa shape index (κ2) is 13.9. The molecule has 0 bridgehead atoms. The summed E-state index contributed by atoms with van der Waals surface area (Å²) in [6.45, 7) is 12.0. The topological polar surface area (TPSA) is 30.5 Å². The van der Waals surface area contributed by atoms with Crippen molar-refractivity contribution in [2.24, 2.45) is 5.92 Å². The van der Waals surface area contributed by atoms with E-state index in [4.69, 9.17) is 9.47 Å². The molecule has 0 spiro atoms. The fourth-order valence-corrected chi connectivity index (χ4v) is 1.46. The normalized spacial score (nSPS) is 11.3. The van der Waals surface area contributed by atoms with Gasteiger partial charge in [0.25, 0.3) is 0 Å². The summed E-state index contributed by atoms with van der Waals surface area (Å²) in [5, 5.41) is 3.31. The van der Waals surface area contributed by atoms with Crippen LogP contribution in [0.3, 0.4) is 0 Å². The highest BCUT2D eigenvalue weighted by Gasteiger charge is 1.94. The van der Waals surface area contributed by atoms with Gasteiger partial charge in [-0.05, 0) is 25.2 Å². The van der Waals surface area contributed by atoms with Crippen LogP contribution in [0.2, 0.25) is 0 Å². The van der Waals surface area contributed by atoms with E-state index in [0.29, 0.717) is 0 Å². The van der Waals surface area contributed by atoms with E-state index in [2.05, 4.69) is 26.1 Å². The zero-order chi connectivity index (χ0) is 12.8. The lowest BCUT2D eigenvalue weighted by Gasteiger charge is -2.07. The largest absolute Gasteiger partial charge is 0.380 e. The molecular weight excluding hydrogens is 214 g/mol. The van der Waals surface area contributed by atoms with E-state index >= 15 is 0 Å². The van der Waals surface area contributed by atoms with E-state index in [9.17, 15) is 0 Å². The molecule has 0 saturated carbocycles. The minimum Gasteiger partial charge on any atom is -0.380 e. The van der Waals surface area contributed by atoms with Crippen molar-refractivity contribution in [2.45, 2.75) is 46.5 Å². The number of hydrogen-bond acceptors (Lipinski definition) is 3. The molecule has 0 aromatic heterocycles. The van der Waals surface area contributed by atoms with E-state index in [0.717, 1.165) is 45.4 Å². The SMILES string of the molecule is CCCCOCCNCCOCCCC(C)C. The summed E-state index contributed by atoms with van der Waals surface area (Å²) < 4.78 is 11.0. The van der Waals surface area contributed by atoms with E-state index in [-0.39, 0.29) is 0 Å². The lowest BCUT2D eigenvalue weighted by atomic mass is 10.1. The second-order valence-electron chi connectivity index (χ2n) is 4.86. The summed E-state index contributed by atoms with van der Waals surface area (Å²) >= 11 is 0. The first-order valence-electron chi connectivity index (χ1n) is 7.13. The van der Waals surface area contributed by atoms with Crippen LogP contribution in [-0.4, -0.2) is 39.5 Å². The molecule has 1 N–H and O–H groups in total. The van der Waals surface area contributed by atoms with Crippen LogP contribution in [0.4, 0.5) is 0 Å². The van der Waals surface area contributed by atoms with Gasteiger partial charge in [0.05, 0.1) is 13.2 Å². The van der Waals surface area contributed by atoms with Gasteiger partial charge in [-0.3, -0.25) is 0 Å². The highest BCUT2D eigenvalue weighted by Crippen LogP contribution is 2.02. The van der Waals surface area contributed by atoms with Gasteiger partial charge in [0.15, 0.2) is 0 Å². The average molecular weight is 245 g/mol. The van der Waals surface area contributed by atoms with Crippen LogP contribution >= 0.6 is 0 Å². The van der Waals surface area contributed by atoms with Gasteiger partial charge in [-0.2, -0.15) is 0 Å². The maximum Gasteiger partial charge on any atom is 0.0590 e. The average Bonchev–Trinajstić information content (AvgIpc) is 2.30. The summed E-state index contributed by atoms with van der Waals surface area (Å²) in [7, 11) is 0. The molecule has 0 aliphatic carbocycles. The molecule has 0 heterocycles. The van der Waals surface area contributed by atoms with Gasteiger partial charge in [0, 0.05) is 26.3 Å². The molecule has 17 heavy (non-hydrogen) atoms. The van der Waals surface area contributed by atoms with Crippen molar-refractivity contribution in [2.75, 3.05) is 39.5 Å². The molecule has 0 rings (SSSR count). The van der Waals surface area contributed by atoms with Crippen LogP contribution in [0.1, 0.15) is 46.5 Å². The number of hydrogen-bond donors (Lipinski definition) is 1. The molecule has 0 radical (unpaired) electrons. The van der Waals surface area contributed by atoms with Crippen molar-refractivity contribution in [1.82, 2.24) is 5.32 Å². The Morgan fingerprint density at radius 3 is 2.00 bits per heavy atom. The first kappa shape index (κ1) is 16.9. The van der Waals surface area contributed by atoms with Crippen LogP contribution in [0.25, 0.3) is 0 Å². The Kier molecular flexibility index (Phi) is 13.8. The number of nitrogens with one attached hydrogen (secondary N) is 1.